The number of hydrogen-bond acceptors (Lipinski definition) is 4. The minimum atomic E-state index is -0.894. The molecule has 0 aliphatic carbocycles. The number of benzene rings is 3. The second-order valence-corrected chi connectivity index (χ2v) is 8.26. The second kappa shape index (κ2) is 9.38. The van der Waals surface area contributed by atoms with Gasteiger partial charge in [-0.25, -0.2) is 14.1 Å². The third-order valence-electron chi connectivity index (χ3n) is 4.93. The van der Waals surface area contributed by atoms with Gasteiger partial charge in [-0.05, 0) is 76.5 Å². The predicted octanol–water partition coefficient (Wildman–Crippen LogP) is 5.14. The van der Waals surface area contributed by atoms with Crippen molar-refractivity contribution in [1.29, 1.82) is 0 Å². The highest BCUT2D eigenvalue weighted by Crippen LogP contribution is 2.29. The summed E-state index contributed by atoms with van der Waals surface area (Å²) in [4.78, 5) is 38.3. The summed E-state index contributed by atoms with van der Waals surface area (Å²) in [5, 5.41) is 2.14. The number of halogens is 2. The van der Waals surface area contributed by atoms with Gasteiger partial charge in [0.25, 0.3) is 11.8 Å². The van der Waals surface area contributed by atoms with Crippen LogP contribution in [0.1, 0.15) is 16.7 Å². The number of hydrogen-bond donors (Lipinski definition) is 1. The molecule has 1 saturated heterocycles. The molecule has 0 atom stereocenters. The number of barbiturate groups is 1. The Hall–Kier alpha value is -3.78. The zero-order valence-electron chi connectivity index (χ0n) is 17.5. The summed E-state index contributed by atoms with van der Waals surface area (Å²) in [6.45, 7) is 2.39. The minimum Gasteiger partial charge on any atom is -0.488 e. The van der Waals surface area contributed by atoms with Crippen LogP contribution in [0.15, 0.2) is 76.8 Å². The van der Waals surface area contributed by atoms with Gasteiger partial charge in [-0.3, -0.25) is 14.9 Å². The van der Waals surface area contributed by atoms with Gasteiger partial charge in [-0.1, -0.05) is 35.9 Å². The van der Waals surface area contributed by atoms with Crippen molar-refractivity contribution in [2.24, 2.45) is 0 Å². The lowest BCUT2D eigenvalue weighted by atomic mass is 10.1. The van der Waals surface area contributed by atoms with Crippen LogP contribution in [0.4, 0.5) is 14.9 Å². The van der Waals surface area contributed by atoms with Crippen LogP contribution in [0.3, 0.4) is 0 Å². The Morgan fingerprint density at radius 1 is 1.03 bits per heavy atom. The van der Waals surface area contributed by atoms with Crippen LogP contribution in [-0.4, -0.2) is 17.8 Å². The first-order valence-corrected chi connectivity index (χ1v) is 10.8. The maximum atomic E-state index is 13.2. The van der Waals surface area contributed by atoms with Crippen LogP contribution in [-0.2, 0) is 16.2 Å². The molecule has 4 amide bonds. The van der Waals surface area contributed by atoms with E-state index in [9.17, 15) is 18.8 Å². The third kappa shape index (κ3) is 5.01. The van der Waals surface area contributed by atoms with Gasteiger partial charge in [0.2, 0.25) is 0 Å². The number of anilines is 1. The lowest BCUT2D eigenvalue weighted by Gasteiger charge is -2.26. The van der Waals surface area contributed by atoms with E-state index in [1.54, 1.807) is 18.2 Å². The molecule has 33 heavy (non-hydrogen) atoms. The van der Waals surface area contributed by atoms with Crippen LogP contribution in [0, 0.1) is 12.7 Å². The van der Waals surface area contributed by atoms with Crippen molar-refractivity contribution in [2.45, 2.75) is 13.5 Å². The first-order chi connectivity index (χ1) is 15.8. The summed E-state index contributed by atoms with van der Waals surface area (Å²) >= 11 is 3.46. The Morgan fingerprint density at radius 2 is 1.79 bits per heavy atom. The summed E-state index contributed by atoms with van der Waals surface area (Å²) in [6, 6.07) is 17.0. The first kappa shape index (κ1) is 22.4. The monoisotopic (exact) mass is 508 g/mol. The average molecular weight is 509 g/mol. The van der Waals surface area contributed by atoms with Crippen molar-refractivity contribution in [3.8, 4) is 5.75 Å². The summed E-state index contributed by atoms with van der Waals surface area (Å²) in [6.07, 6.45) is 1.38. The maximum Gasteiger partial charge on any atom is 0.335 e. The lowest BCUT2D eigenvalue weighted by Crippen LogP contribution is -2.54. The van der Waals surface area contributed by atoms with Crippen LogP contribution in [0.5, 0.6) is 5.75 Å². The molecule has 1 N–H and O–H groups in total. The van der Waals surface area contributed by atoms with Crippen molar-refractivity contribution >= 4 is 45.5 Å². The molecule has 0 aromatic heterocycles. The number of amides is 4. The largest absolute Gasteiger partial charge is 0.488 e. The molecule has 3 aromatic rings. The fourth-order valence-corrected chi connectivity index (χ4v) is 3.85. The van der Waals surface area contributed by atoms with Gasteiger partial charge < -0.3 is 4.74 Å². The van der Waals surface area contributed by atoms with E-state index in [-0.39, 0.29) is 11.3 Å². The average Bonchev–Trinajstić information content (AvgIpc) is 2.77. The zero-order valence-corrected chi connectivity index (χ0v) is 19.1. The summed E-state index contributed by atoms with van der Waals surface area (Å²) in [5.74, 6) is -1.52. The van der Waals surface area contributed by atoms with E-state index in [1.807, 2.05) is 31.2 Å². The molecule has 0 saturated carbocycles. The van der Waals surface area contributed by atoms with Gasteiger partial charge in [0, 0.05) is 0 Å². The van der Waals surface area contributed by atoms with Gasteiger partial charge in [0.05, 0.1) is 10.2 Å². The Morgan fingerprint density at radius 3 is 2.48 bits per heavy atom. The highest BCUT2D eigenvalue weighted by atomic mass is 79.9. The summed E-state index contributed by atoms with van der Waals surface area (Å²) in [7, 11) is 0. The normalized spacial score (nSPS) is 15.1. The fourth-order valence-electron chi connectivity index (χ4n) is 3.34. The van der Waals surface area contributed by atoms with Crippen molar-refractivity contribution in [1.82, 2.24) is 5.32 Å². The van der Waals surface area contributed by atoms with Gasteiger partial charge in [-0.2, -0.15) is 0 Å². The molecule has 0 bridgehead atoms. The predicted molar refractivity (Wildman–Crippen MR) is 125 cm³/mol. The molecule has 1 fully saturated rings. The molecular weight excluding hydrogens is 491 g/mol. The van der Waals surface area contributed by atoms with E-state index in [4.69, 9.17) is 4.74 Å². The number of carbonyl (C=O) groups is 3. The fraction of sp³-hybridized carbons (Fsp3) is 0.0800. The van der Waals surface area contributed by atoms with E-state index < -0.39 is 23.7 Å². The highest BCUT2D eigenvalue weighted by Gasteiger charge is 2.36. The van der Waals surface area contributed by atoms with Crippen molar-refractivity contribution < 1.29 is 23.5 Å². The Balaban J connectivity index is 1.56. The van der Waals surface area contributed by atoms with E-state index in [1.165, 1.54) is 18.2 Å². The molecule has 1 aliphatic rings. The molecular formula is C25H18BrFN2O4. The second-order valence-electron chi connectivity index (χ2n) is 7.40. The number of rotatable bonds is 5. The van der Waals surface area contributed by atoms with E-state index in [0.717, 1.165) is 28.2 Å². The molecule has 0 spiro atoms. The SMILES string of the molecule is Cc1cccc(COc2ccc(/C=C3\C(=O)NC(=O)N(c4ccc(F)cc4)C3=O)cc2Br)c1. The summed E-state index contributed by atoms with van der Waals surface area (Å²) < 4.78 is 19.7. The molecule has 1 aliphatic heterocycles. The molecule has 0 radical (unpaired) electrons. The van der Waals surface area contributed by atoms with E-state index in [2.05, 4.69) is 21.2 Å². The molecule has 166 valence electrons. The van der Waals surface area contributed by atoms with Crippen molar-refractivity contribution in [3.05, 3.63) is 99.3 Å². The molecule has 8 heteroatoms. The minimum absolute atomic E-state index is 0.151. The number of urea groups is 1. The molecule has 0 unspecified atom stereocenters. The Labute approximate surface area is 197 Å². The topological polar surface area (TPSA) is 75.7 Å². The standard InChI is InChI=1S/C25H18BrFN2O4/c1-15-3-2-4-17(11-15)14-33-22-10-5-16(13-21(22)26)12-20-23(30)28-25(32)29(24(20)31)19-8-6-18(27)7-9-19/h2-13H,14H2,1H3,(H,28,30,32)/b20-12+. The Kier molecular flexibility index (Phi) is 6.37. The molecule has 1 heterocycles. The van der Waals surface area contributed by atoms with Crippen molar-refractivity contribution in [3.63, 3.8) is 0 Å². The van der Waals surface area contributed by atoms with Gasteiger partial charge in [0.15, 0.2) is 0 Å². The third-order valence-corrected chi connectivity index (χ3v) is 5.55. The van der Waals surface area contributed by atoms with Gasteiger partial charge >= 0.3 is 6.03 Å². The lowest BCUT2D eigenvalue weighted by molar-refractivity contribution is -0.122. The maximum absolute atomic E-state index is 13.2. The molecule has 6 nitrogen and oxygen atoms in total. The zero-order chi connectivity index (χ0) is 23.5. The Bertz CT molecular complexity index is 1290. The quantitative estimate of drug-likeness (QED) is 0.382. The smallest absolute Gasteiger partial charge is 0.335 e. The van der Waals surface area contributed by atoms with Crippen LogP contribution in [0.25, 0.3) is 6.08 Å². The van der Waals surface area contributed by atoms with E-state index >= 15 is 0 Å². The number of ether oxygens (including phenoxy) is 1. The van der Waals surface area contributed by atoms with Crippen molar-refractivity contribution in [2.75, 3.05) is 4.90 Å². The van der Waals surface area contributed by atoms with Gasteiger partial charge in [0.1, 0.15) is 23.7 Å². The van der Waals surface area contributed by atoms with E-state index in [0.29, 0.717) is 22.4 Å². The number of nitrogens with one attached hydrogen (secondary N) is 1. The van der Waals surface area contributed by atoms with Crippen LogP contribution < -0.4 is 15.0 Å². The number of nitrogens with zero attached hydrogens (tertiary/aromatic N) is 1. The van der Waals surface area contributed by atoms with Crippen LogP contribution >= 0.6 is 15.9 Å². The molecule has 4 rings (SSSR count). The van der Waals surface area contributed by atoms with Crippen LogP contribution in [0.2, 0.25) is 0 Å². The first-order valence-electron chi connectivity index (χ1n) is 9.97. The molecule has 3 aromatic carbocycles. The highest BCUT2D eigenvalue weighted by molar-refractivity contribution is 9.10. The number of aryl methyl sites for hydroxylation is 1. The number of imide groups is 2. The summed E-state index contributed by atoms with van der Waals surface area (Å²) in [5.41, 5.74) is 2.65. The number of carbonyl (C=O) groups excluding carboxylic acids is 3. The van der Waals surface area contributed by atoms with Gasteiger partial charge in [-0.15, -0.1) is 0 Å².